The molecule has 0 radical (unpaired) electrons. The van der Waals surface area contributed by atoms with Gasteiger partial charge in [-0.1, -0.05) is 25.7 Å². The van der Waals surface area contributed by atoms with E-state index in [0.29, 0.717) is 12.8 Å². The monoisotopic (exact) mass is 296 g/mol. The molecule has 1 spiro atoms. The minimum absolute atomic E-state index is 0.0410. The number of carbonyl (C=O) groups excluding carboxylic acids is 3. The molecule has 3 aliphatic rings. The summed E-state index contributed by atoms with van der Waals surface area (Å²) in [6.45, 7) is 0. The first-order valence-corrected chi connectivity index (χ1v) is 8.57. The Morgan fingerprint density at radius 1 is 1.10 bits per heavy atom. The van der Waals surface area contributed by atoms with Gasteiger partial charge < -0.3 is 0 Å². The Morgan fingerprint density at radius 3 is 2.40 bits per heavy atom. The molecule has 20 heavy (non-hydrogen) atoms. The number of nitrogens with zero attached hydrogens (tertiary/aromatic N) is 1. The second kappa shape index (κ2) is 5.39. The predicted octanol–water partition coefficient (Wildman–Crippen LogP) is 1.91. The van der Waals surface area contributed by atoms with Crippen LogP contribution in [0.4, 0.5) is 4.79 Å². The molecular weight excluding hydrogens is 276 g/mol. The lowest BCUT2D eigenvalue weighted by molar-refractivity contribution is -0.153. The highest BCUT2D eigenvalue weighted by Gasteiger charge is 2.54. The number of imide groups is 2. The van der Waals surface area contributed by atoms with Gasteiger partial charge in [-0.15, -0.1) is 0 Å². The van der Waals surface area contributed by atoms with Crippen LogP contribution < -0.4 is 5.32 Å². The third-order valence-corrected chi connectivity index (χ3v) is 5.87. The van der Waals surface area contributed by atoms with E-state index in [1.165, 1.54) is 4.90 Å². The van der Waals surface area contributed by atoms with Gasteiger partial charge in [0, 0.05) is 5.75 Å². The van der Waals surface area contributed by atoms with Gasteiger partial charge in [0.15, 0.2) is 0 Å². The van der Waals surface area contributed by atoms with Gasteiger partial charge >= 0.3 is 6.03 Å². The fourth-order valence-electron chi connectivity index (χ4n) is 3.53. The summed E-state index contributed by atoms with van der Waals surface area (Å²) in [4.78, 5) is 38.7. The van der Waals surface area contributed by atoms with Crippen LogP contribution in [-0.2, 0) is 9.59 Å². The Bertz CT molecular complexity index is 438. The molecule has 3 rings (SSSR count). The van der Waals surface area contributed by atoms with Crippen molar-refractivity contribution in [3.05, 3.63) is 0 Å². The lowest BCUT2D eigenvalue weighted by atomic mass is 9.76. The van der Waals surface area contributed by atoms with E-state index in [2.05, 4.69) is 5.32 Å². The lowest BCUT2D eigenvalue weighted by Gasteiger charge is -2.41. The molecule has 5 nitrogen and oxygen atoms in total. The van der Waals surface area contributed by atoms with E-state index in [0.717, 1.165) is 43.6 Å². The van der Waals surface area contributed by atoms with Gasteiger partial charge in [-0.3, -0.25) is 19.8 Å². The minimum Gasteiger partial charge on any atom is -0.277 e. The Labute approximate surface area is 122 Å². The molecule has 2 heterocycles. The molecular formula is C14H20N2O3S. The summed E-state index contributed by atoms with van der Waals surface area (Å²) >= 11 is 1.76. The van der Waals surface area contributed by atoms with Crippen molar-refractivity contribution < 1.29 is 14.4 Å². The molecule has 0 aromatic rings. The van der Waals surface area contributed by atoms with Gasteiger partial charge in [0.2, 0.25) is 11.8 Å². The van der Waals surface area contributed by atoms with Crippen LogP contribution in [0.3, 0.4) is 0 Å². The van der Waals surface area contributed by atoms with E-state index in [1.54, 1.807) is 11.8 Å². The van der Waals surface area contributed by atoms with Gasteiger partial charge in [-0.05, 0) is 25.0 Å². The quantitative estimate of drug-likeness (QED) is 0.751. The first kappa shape index (κ1) is 13.9. The molecule has 0 aromatic carbocycles. The molecule has 1 aliphatic carbocycles. The van der Waals surface area contributed by atoms with Gasteiger partial charge in [0.05, 0.1) is 6.04 Å². The SMILES string of the molecule is O=C1NC(=O)C2(CCCCCC2)C(=O)N1C1CCSC1. The summed E-state index contributed by atoms with van der Waals surface area (Å²) in [5.41, 5.74) is -0.975. The Morgan fingerprint density at radius 2 is 1.80 bits per heavy atom. The van der Waals surface area contributed by atoms with Crippen LogP contribution in [-0.4, -0.2) is 40.3 Å². The molecule has 3 fully saturated rings. The smallest absolute Gasteiger partial charge is 0.277 e. The van der Waals surface area contributed by atoms with Crippen LogP contribution in [0, 0.1) is 5.41 Å². The first-order valence-electron chi connectivity index (χ1n) is 7.42. The molecule has 2 saturated heterocycles. The van der Waals surface area contributed by atoms with Gasteiger partial charge in [0.25, 0.3) is 0 Å². The number of hydrogen-bond donors (Lipinski definition) is 1. The Hall–Kier alpha value is -1.04. The standard InChI is InChI=1S/C14H20N2O3S/c17-11-14(6-3-1-2-4-7-14)12(18)16(13(19)15-11)10-5-8-20-9-10/h10H,1-9H2,(H,15,17,19). The van der Waals surface area contributed by atoms with Crippen molar-refractivity contribution in [3.63, 3.8) is 0 Å². The zero-order chi connectivity index (χ0) is 14.2. The number of thioether (sulfide) groups is 1. The van der Waals surface area contributed by atoms with E-state index >= 15 is 0 Å². The first-order chi connectivity index (χ1) is 9.65. The number of urea groups is 1. The summed E-state index contributed by atoms with van der Waals surface area (Å²) in [7, 11) is 0. The molecule has 0 bridgehead atoms. The molecule has 1 atom stereocenters. The third kappa shape index (κ3) is 2.14. The van der Waals surface area contributed by atoms with Crippen LogP contribution in [0.1, 0.15) is 44.9 Å². The highest BCUT2D eigenvalue weighted by Crippen LogP contribution is 2.40. The van der Waals surface area contributed by atoms with Crippen molar-refractivity contribution >= 4 is 29.6 Å². The number of nitrogens with one attached hydrogen (secondary N) is 1. The normalized spacial score (nSPS) is 30.5. The fraction of sp³-hybridized carbons (Fsp3) is 0.786. The maximum atomic E-state index is 12.9. The summed E-state index contributed by atoms with van der Waals surface area (Å²) in [5, 5.41) is 2.44. The summed E-state index contributed by atoms with van der Waals surface area (Å²) in [6.07, 6.45) is 5.92. The topological polar surface area (TPSA) is 66.5 Å². The Kier molecular flexibility index (Phi) is 3.75. The third-order valence-electron chi connectivity index (χ3n) is 4.73. The van der Waals surface area contributed by atoms with Crippen LogP contribution in [0.2, 0.25) is 0 Å². The van der Waals surface area contributed by atoms with Crippen LogP contribution in [0.5, 0.6) is 0 Å². The van der Waals surface area contributed by atoms with E-state index in [9.17, 15) is 14.4 Å². The zero-order valence-electron chi connectivity index (χ0n) is 11.5. The van der Waals surface area contributed by atoms with E-state index < -0.39 is 11.4 Å². The molecule has 1 saturated carbocycles. The van der Waals surface area contributed by atoms with Crippen LogP contribution >= 0.6 is 11.8 Å². The number of amides is 4. The van der Waals surface area contributed by atoms with Crippen molar-refractivity contribution in [2.75, 3.05) is 11.5 Å². The summed E-state index contributed by atoms with van der Waals surface area (Å²) < 4.78 is 0. The highest BCUT2D eigenvalue weighted by atomic mass is 32.2. The van der Waals surface area contributed by atoms with Gasteiger partial charge in [-0.25, -0.2) is 4.79 Å². The van der Waals surface area contributed by atoms with Gasteiger partial charge in [-0.2, -0.15) is 11.8 Å². The fourth-order valence-corrected chi connectivity index (χ4v) is 4.72. The van der Waals surface area contributed by atoms with Crippen molar-refractivity contribution in [3.8, 4) is 0 Å². The largest absolute Gasteiger partial charge is 0.331 e. The summed E-state index contributed by atoms with van der Waals surface area (Å²) in [6, 6.07) is -0.553. The molecule has 1 N–H and O–H groups in total. The van der Waals surface area contributed by atoms with Gasteiger partial charge in [0.1, 0.15) is 5.41 Å². The summed E-state index contributed by atoms with van der Waals surface area (Å²) in [5.74, 6) is 1.17. The van der Waals surface area contributed by atoms with E-state index in [4.69, 9.17) is 0 Å². The number of barbiturate groups is 1. The average molecular weight is 296 g/mol. The molecule has 0 aromatic heterocycles. The average Bonchev–Trinajstić information content (AvgIpc) is 2.81. The predicted molar refractivity (Wildman–Crippen MR) is 76.2 cm³/mol. The van der Waals surface area contributed by atoms with E-state index in [1.807, 2.05) is 0 Å². The maximum absolute atomic E-state index is 12.9. The zero-order valence-corrected chi connectivity index (χ0v) is 12.3. The molecule has 2 aliphatic heterocycles. The molecule has 110 valence electrons. The second-order valence-corrected chi connectivity index (χ2v) is 7.10. The molecule has 1 unspecified atom stereocenters. The second-order valence-electron chi connectivity index (χ2n) is 5.95. The van der Waals surface area contributed by atoms with Crippen molar-refractivity contribution in [1.29, 1.82) is 0 Å². The Balaban J connectivity index is 1.91. The van der Waals surface area contributed by atoms with Crippen LogP contribution in [0.15, 0.2) is 0 Å². The maximum Gasteiger partial charge on any atom is 0.331 e. The number of hydrogen-bond acceptors (Lipinski definition) is 4. The number of carbonyl (C=O) groups is 3. The number of rotatable bonds is 1. The lowest BCUT2D eigenvalue weighted by Crippen LogP contribution is -2.66. The minimum atomic E-state index is -0.975. The molecule has 6 heteroatoms. The van der Waals surface area contributed by atoms with Crippen molar-refractivity contribution in [2.45, 2.75) is 51.0 Å². The van der Waals surface area contributed by atoms with E-state index in [-0.39, 0.29) is 17.9 Å². The molecule has 4 amide bonds. The highest BCUT2D eigenvalue weighted by molar-refractivity contribution is 7.99. The van der Waals surface area contributed by atoms with Crippen molar-refractivity contribution in [1.82, 2.24) is 10.2 Å². The van der Waals surface area contributed by atoms with Crippen molar-refractivity contribution in [2.24, 2.45) is 5.41 Å². The van der Waals surface area contributed by atoms with Crippen LogP contribution in [0.25, 0.3) is 0 Å².